The fourth-order valence-corrected chi connectivity index (χ4v) is 6.31. The maximum atomic E-state index is 13.1. The molecule has 1 aliphatic rings. The highest BCUT2D eigenvalue weighted by Crippen LogP contribution is 2.38. The summed E-state index contributed by atoms with van der Waals surface area (Å²) in [7, 11) is -3.61. The Morgan fingerprint density at radius 3 is 2.10 bits per heavy atom. The Bertz CT molecular complexity index is 648. The zero-order valence-electron chi connectivity index (χ0n) is 13.4. The van der Waals surface area contributed by atoms with Gasteiger partial charge in [0.15, 0.2) is 15.6 Å². The fraction of sp³-hybridized carbons (Fsp3) is 0.588. The molecular formula is C17H24O3S. The van der Waals surface area contributed by atoms with E-state index in [-0.39, 0.29) is 17.6 Å². The van der Waals surface area contributed by atoms with Crippen molar-refractivity contribution >= 4 is 15.6 Å². The van der Waals surface area contributed by atoms with Crippen LogP contribution in [0.15, 0.2) is 17.0 Å². The van der Waals surface area contributed by atoms with Crippen molar-refractivity contribution in [2.75, 3.05) is 0 Å². The summed E-state index contributed by atoms with van der Waals surface area (Å²) in [5.41, 5.74) is 2.53. The van der Waals surface area contributed by atoms with Crippen LogP contribution in [0.25, 0.3) is 0 Å². The molecule has 1 saturated carbocycles. The molecule has 0 saturated heterocycles. The van der Waals surface area contributed by atoms with Crippen molar-refractivity contribution in [2.45, 2.75) is 57.6 Å². The van der Waals surface area contributed by atoms with Gasteiger partial charge in [-0.2, -0.15) is 0 Å². The first kappa shape index (κ1) is 16.2. The Kier molecular flexibility index (Phi) is 4.29. The van der Waals surface area contributed by atoms with Gasteiger partial charge in [0, 0.05) is 6.42 Å². The summed E-state index contributed by atoms with van der Waals surface area (Å²) in [6.07, 6.45) is 1.07. The van der Waals surface area contributed by atoms with Gasteiger partial charge in [-0.15, -0.1) is 0 Å². The highest BCUT2D eigenvalue weighted by atomic mass is 32.2. The Labute approximate surface area is 127 Å². The number of sulfone groups is 1. The standard InChI is InChI=1S/C17H24O3S/c1-10(2)14-6-7-15(18)17(14)21(19,20)16-12(4)8-11(3)9-13(16)5/h8-10,14,17H,6-7H2,1-5H3/t14-,17-/m1/s1. The summed E-state index contributed by atoms with van der Waals surface area (Å²) in [5, 5.41) is -0.863. The van der Waals surface area contributed by atoms with Crippen LogP contribution < -0.4 is 0 Å². The molecule has 1 aromatic rings. The van der Waals surface area contributed by atoms with Gasteiger partial charge < -0.3 is 0 Å². The molecular weight excluding hydrogens is 284 g/mol. The molecule has 0 amide bonds. The first-order valence-corrected chi connectivity index (χ1v) is 9.05. The second kappa shape index (κ2) is 5.56. The Morgan fingerprint density at radius 1 is 1.10 bits per heavy atom. The molecule has 1 aromatic carbocycles. The minimum Gasteiger partial charge on any atom is -0.298 e. The summed E-state index contributed by atoms with van der Waals surface area (Å²) < 4.78 is 26.2. The van der Waals surface area contributed by atoms with Crippen molar-refractivity contribution in [2.24, 2.45) is 11.8 Å². The average molecular weight is 308 g/mol. The molecule has 0 unspecified atom stereocenters. The van der Waals surface area contributed by atoms with Gasteiger partial charge in [-0.05, 0) is 50.2 Å². The molecule has 0 spiro atoms. The molecule has 0 aromatic heterocycles. The van der Waals surface area contributed by atoms with Gasteiger partial charge >= 0.3 is 0 Å². The topological polar surface area (TPSA) is 51.2 Å². The number of benzene rings is 1. The lowest BCUT2D eigenvalue weighted by Crippen LogP contribution is -2.34. The maximum absolute atomic E-state index is 13.1. The summed E-state index contributed by atoms with van der Waals surface area (Å²) in [5.74, 6) is 0.0120. The van der Waals surface area contributed by atoms with Crippen molar-refractivity contribution in [3.8, 4) is 0 Å². The van der Waals surface area contributed by atoms with Crippen molar-refractivity contribution < 1.29 is 13.2 Å². The molecule has 116 valence electrons. The van der Waals surface area contributed by atoms with E-state index in [9.17, 15) is 13.2 Å². The number of hydrogen-bond donors (Lipinski definition) is 0. The SMILES string of the molecule is Cc1cc(C)c(S(=O)(=O)[C@H]2C(=O)CC[C@@H]2C(C)C)c(C)c1. The third kappa shape index (κ3) is 2.78. The van der Waals surface area contributed by atoms with Crippen molar-refractivity contribution in [3.05, 3.63) is 28.8 Å². The summed E-state index contributed by atoms with van der Waals surface area (Å²) >= 11 is 0. The van der Waals surface area contributed by atoms with Crippen LogP contribution in [0, 0.1) is 32.6 Å². The van der Waals surface area contributed by atoms with Crippen LogP contribution in [0.4, 0.5) is 0 Å². The second-order valence-electron chi connectivity index (χ2n) is 6.61. The van der Waals surface area contributed by atoms with Crippen molar-refractivity contribution in [3.63, 3.8) is 0 Å². The van der Waals surface area contributed by atoms with E-state index in [2.05, 4.69) is 0 Å². The fourth-order valence-electron chi connectivity index (χ4n) is 3.67. The van der Waals surface area contributed by atoms with E-state index in [1.807, 2.05) is 46.8 Å². The number of Topliss-reactive ketones (excluding diaryl/α,β-unsaturated/α-hetero) is 1. The summed E-state index contributed by atoms with van der Waals surface area (Å²) in [4.78, 5) is 12.6. The molecule has 0 heterocycles. The molecule has 0 N–H and O–H groups in total. The molecule has 3 nitrogen and oxygen atoms in total. The Balaban J connectivity index is 2.59. The van der Waals surface area contributed by atoms with E-state index < -0.39 is 15.1 Å². The minimum absolute atomic E-state index is 0.0670. The van der Waals surface area contributed by atoms with Crippen molar-refractivity contribution in [1.29, 1.82) is 0 Å². The number of hydrogen-bond acceptors (Lipinski definition) is 3. The first-order valence-electron chi connectivity index (χ1n) is 7.50. The van der Waals surface area contributed by atoms with Gasteiger partial charge in [0.2, 0.25) is 0 Å². The molecule has 1 fully saturated rings. The van der Waals surface area contributed by atoms with E-state index in [0.29, 0.717) is 17.7 Å². The molecule has 2 atom stereocenters. The normalized spacial score (nSPS) is 23.0. The summed E-state index contributed by atoms with van der Waals surface area (Å²) in [6.45, 7) is 9.59. The predicted octanol–water partition coefficient (Wildman–Crippen LogP) is 3.39. The zero-order chi connectivity index (χ0) is 15.9. The van der Waals surface area contributed by atoms with Crippen LogP contribution in [0.3, 0.4) is 0 Å². The van der Waals surface area contributed by atoms with Crippen LogP contribution in [-0.2, 0) is 14.6 Å². The van der Waals surface area contributed by atoms with E-state index in [4.69, 9.17) is 0 Å². The smallest absolute Gasteiger partial charge is 0.189 e. The molecule has 0 radical (unpaired) electrons. The Morgan fingerprint density at radius 2 is 1.62 bits per heavy atom. The number of aryl methyl sites for hydroxylation is 3. The van der Waals surface area contributed by atoms with Crippen LogP contribution in [0.2, 0.25) is 0 Å². The predicted molar refractivity (Wildman–Crippen MR) is 84.2 cm³/mol. The molecule has 1 aliphatic carbocycles. The van der Waals surface area contributed by atoms with Crippen molar-refractivity contribution in [1.82, 2.24) is 0 Å². The highest BCUT2D eigenvalue weighted by Gasteiger charge is 2.46. The maximum Gasteiger partial charge on any atom is 0.189 e. The number of carbonyl (C=O) groups excluding carboxylic acids is 1. The van der Waals surface area contributed by atoms with Crippen LogP contribution in [-0.4, -0.2) is 19.5 Å². The lowest BCUT2D eigenvalue weighted by atomic mass is 9.94. The highest BCUT2D eigenvalue weighted by molar-refractivity contribution is 7.93. The third-order valence-electron chi connectivity index (χ3n) is 4.51. The molecule has 2 rings (SSSR count). The number of rotatable bonds is 3. The summed E-state index contributed by atoms with van der Waals surface area (Å²) in [6, 6.07) is 3.76. The third-order valence-corrected chi connectivity index (χ3v) is 7.00. The average Bonchev–Trinajstić information content (AvgIpc) is 2.69. The van der Waals surface area contributed by atoms with Crippen LogP contribution in [0.5, 0.6) is 0 Å². The van der Waals surface area contributed by atoms with E-state index >= 15 is 0 Å². The first-order chi connectivity index (χ1) is 9.66. The number of carbonyl (C=O) groups is 1. The van der Waals surface area contributed by atoms with Gasteiger partial charge in [0.25, 0.3) is 0 Å². The minimum atomic E-state index is -3.61. The van der Waals surface area contributed by atoms with Gasteiger partial charge in [-0.1, -0.05) is 31.5 Å². The molecule has 4 heteroatoms. The lowest BCUT2D eigenvalue weighted by Gasteiger charge is -2.24. The van der Waals surface area contributed by atoms with Gasteiger partial charge in [-0.25, -0.2) is 8.42 Å². The van der Waals surface area contributed by atoms with Crippen LogP contribution >= 0.6 is 0 Å². The molecule has 0 bridgehead atoms. The monoisotopic (exact) mass is 308 g/mol. The van der Waals surface area contributed by atoms with Gasteiger partial charge in [0.1, 0.15) is 5.25 Å². The quantitative estimate of drug-likeness (QED) is 0.860. The van der Waals surface area contributed by atoms with Crippen LogP contribution in [0.1, 0.15) is 43.4 Å². The Hall–Kier alpha value is -1.16. The van der Waals surface area contributed by atoms with E-state index in [1.165, 1.54) is 0 Å². The lowest BCUT2D eigenvalue weighted by molar-refractivity contribution is -0.117. The molecule has 21 heavy (non-hydrogen) atoms. The zero-order valence-corrected chi connectivity index (χ0v) is 14.3. The van der Waals surface area contributed by atoms with E-state index in [1.54, 1.807) is 0 Å². The van der Waals surface area contributed by atoms with Gasteiger partial charge in [0.05, 0.1) is 4.90 Å². The second-order valence-corrected chi connectivity index (χ2v) is 8.61. The largest absolute Gasteiger partial charge is 0.298 e. The molecule has 0 aliphatic heterocycles. The van der Waals surface area contributed by atoms with Gasteiger partial charge in [-0.3, -0.25) is 4.79 Å². The number of ketones is 1. The van der Waals surface area contributed by atoms with E-state index in [0.717, 1.165) is 16.7 Å².